The third-order valence-corrected chi connectivity index (χ3v) is 4.90. The Hall–Kier alpha value is -2.70. The van der Waals surface area contributed by atoms with Crippen LogP contribution in [0.1, 0.15) is 17.5 Å². The molecule has 0 bridgehead atoms. The summed E-state index contributed by atoms with van der Waals surface area (Å²) in [6.07, 6.45) is 0. The maximum Gasteiger partial charge on any atom is 0.247 e. The van der Waals surface area contributed by atoms with Crippen LogP contribution in [0.4, 0.5) is 10.1 Å². The van der Waals surface area contributed by atoms with Gasteiger partial charge >= 0.3 is 0 Å². The molecule has 1 aromatic heterocycles. The molecule has 0 unspecified atom stereocenters. The van der Waals surface area contributed by atoms with Gasteiger partial charge in [-0.3, -0.25) is 0 Å². The van der Waals surface area contributed by atoms with Gasteiger partial charge in [0, 0.05) is 20.7 Å². The highest BCUT2D eigenvalue weighted by Crippen LogP contribution is 2.29. The van der Waals surface area contributed by atoms with Crippen LogP contribution in [0.15, 0.2) is 81.7 Å². The van der Waals surface area contributed by atoms with Crippen LogP contribution in [-0.4, -0.2) is 10.2 Å². The summed E-state index contributed by atoms with van der Waals surface area (Å²) in [5, 5.41) is 12.3. The summed E-state index contributed by atoms with van der Waals surface area (Å²) in [5.74, 6) is 0.259. The van der Waals surface area contributed by atoms with Gasteiger partial charge in [-0.25, -0.2) is 4.39 Å². The lowest BCUT2D eigenvalue weighted by Crippen LogP contribution is -2.12. The second-order valence-electron chi connectivity index (χ2n) is 6.09. The molecule has 1 atom stereocenters. The smallest absolute Gasteiger partial charge is 0.247 e. The first-order valence-corrected chi connectivity index (χ1v) is 9.62. The van der Waals surface area contributed by atoms with Crippen molar-refractivity contribution in [3.8, 4) is 11.5 Å². The van der Waals surface area contributed by atoms with Gasteiger partial charge in [0.2, 0.25) is 11.8 Å². The van der Waals surface area contributed by atoms with Crippen molar-refractivity contribution in [2.75, 3.05) is 5.32 Å². The van der Waals surface area contributed by atoms with Crippen molar-refractivity contribution in [3.05, 3.63) is 99.6 Å². The maximum absolute atomic E-state index is 13.5. The van der Waals surface area contributed by atoms with Crippen LogP contribution in [0, 0.1) is 5.82 Å². The number of nitrogens with zero attached hydrogens (tertiary/aromatic N) is 2. The Morgan fingerprint density at radius 2 is 1.71 bits per heavy atom. The number of benzene rings is 3. The van der Waals surface area contributed by atoms with Crippen LogP contribution in [0.25, 0.3) is 11.5 Å². The number of rotatable bonds is 5. The van der Waals surface area contributed by atoms with Gasteiger partial charge in [0.25, 0.3) is 0 Å². The Morgan fingerprint density at radius 3 is 2.43 bits per heavy atom. The van der Waals surface area contributed by atoms with Crippen molar-refractivity contribution in [2.45, 2.75) is 6.04 Å². The lowest BCUT2D eigenvalue weighted by Gasteiger charge is -2.17. The van der Waals surface area contributed by atoms with E-state index in [1.807, 2.05) is 36.4 Å². The van der Waals surface area contributed by atoms with Crippen molar-refractivity contribution >= 4 is 33.2 Å². The Morgan fingerprint density at radius 1 is 0.964 bits per heavy atom. The Bertz CT molecular complexity index is 1080. The molecule has 7 heteroatoms. The van der Waals surface area contributed by atoms with E-state index in [2.05, 4.69) is 31.4 Å². The maximum atomic E-state index is 13.5. The topological polar surface area (TPSA) is 51.0 Å². The van der Waals surface area contributed by atoms with Crippen molar-refractivity contribution in [2.24, 2.45) is 0 Å². The van der Waals surface area contributed by atoms with Gasteiger partial charge in [0.1, 0.15) is 11.9 Å². The molecule has 4 nitrogen and oxygen atoms in total. The zero-order valence-electron chi connectivity index (χ0n) is 14.4. The van der Waals surface area contributed by atoms with Crippen LogP contribution in [0.3, 0.4) is 0 Å². The SMILES string of the molecule is Fc1cccc(-c2nnc([C@H](Nc3ccc(Br)cc3)c3ccc(Cl)cc3)o2)c1. The number of hydrogen-bond acceptors (Lipinski definition) is 4. The average Bonchev–Trinajstić information content (AvgIpc) is 3.18. The monoisotopic (exact) mass is 457 g/mol. The summed E-state index contributed by atoms with van der Waals surface area (Å²) < 4.78 is 20.4. The van der Waals surface area contributed by atoms with E-state index in [0.717, 1.165) is 15.7 Å². The lowest BCUT2D eigenvalue weighted by atomic mass is 10.1. The molecule has 1 heterocycles. The van der Waals surface area contributed by atoms with Crippen LogP contribution in [-0.2, 0) is 0 Å². The number of nitrogens with one attached hydrogen (secondary N) is 1. The highest BCUT2D eigenvalue weighted by atomic mass is 79.9. The van der Waals surface area contributed by atoms with E-state index in [0.29, 0.717) is 16.5 Å². The second kappa shape index (κ2) is 8.12. The molecular formula is C21H14BrClFN3O. The molecule has 0 aliphatic heterocycles. The molecule has 4 aromatic rings. The van der Waals surface area contributed by atoms with E-state index in [-0.39, 0.29) is 11.7 Å². The van der Waals surface area contributed by atoms with E-state index in [9.17, 15) is 4.39 Å². The molecule has 0 saturated heterocycles. The molecule has 0 radical (unpaired) electrons. The molecule has 0 fully saturated rings. The molecule has 1 N–H and O–H groups in total. The van der Waals surface area contributed by atoms with Gasteiger partial charge in [-0.15, -0.1) is 10.2 Å². The molecule has 0 aliphatic rings. The Kier molecular flexibility index (Phi) is 5.41. The minimum absolute atomic E-state index is 0.256. The fourth-order valence-electron chi connectivity index (χ4n) is 2.75. The first-order chi connectivity index (χ1) is 13.6. The fraction of sp³-hybridized carbons (Fsp3) is 0.0476. The van der Waals surface area contributed by atoms with Gasteiger partial charge in [0.15, 0.2) is 0 Å². The van der Waals surface area contributed by atoms with E-state index < -0.39 is 6.04 Å². The third-order valence-electron chi connectivity index (χ3n) is 4.12. The zero-order chi connectivity index (χ0) is 19.5. The Balaban J connectivity index is 1.70. The van der Waals surface area contributed by atoms with E-state index in [4.69, 9.17) is 16.0 Å². The highest BCUT2D eigenvalue weighted by Gasteiger charge is 2.22. The molecule has 0 aliphatic carbocycles. The summed E-state index contributed by atoms with van der Waals surface area (Å²) in [5.41, 5.74) is 2.31. The highest BCUT2D eigenvalue weighted by molar-refractivity contribution is 9.10. The summed E-state index contributed by atoms with van der Waals surface area (Å²) in [6.45, 7) is 0. The van der Waals surface area contributed by atoms with Crippen molar-refractivity contribution in [1.29, 1.82) is 0 Å². The molecular weight excluding hydrogens is 445 g/mol. The summed E-state index contributed by atoms with van der Waals surface area (Å²) in [6, 6.07) is 20.8. The van der Waals surface area contributed by atoms with E-state index in [1.165, 1.54) is 12.1 Å². The molecule has 3 aromatic carbocycles. The average molecular weight is 459 g/mol. The van der Waals surface area contributed by atoms with Crippen LogP contribution in [0.5, 0.6) is 0 Å². The standard InChI is InChI=1S/C21H14BrClFN3O/c22-15-6-10-18(11-7-15)25-19(13-4-8-16(23)9-5-13)21-27-26-20(28-21)14-2-1-3-17(24)12-14/h1-12,19,25H/t19-/m1/s1. The number of anilines is 1. The second-order valence-corrected chi connectivity index (χ2v) is 7.44. The molecule has 0 spiro atoms. The fourth-order valence-corrected chi connectivity index (χ4v) is 3.14. The lowest BCUT2D eigenvalue weighted by molar-refractivity contribution is 0.493. The van der Waals surface area contributed by atoms with Crippen molar-refractivity contribution in [1.82, 2.24) is 10.2 Å². The van der Waals surface area contributed by atoms with Crippen molar-refractivity contribution in [3.63, 3.8) is 0 Å². The summed E-state index contributed by atoms with van der Waals surface area (Å²) in [4.78, 5) is 0. The quantitative estimate of drug-likeness (QED) is 0.371. The van der Waals surface area contributed by atoms with Gasteiger partial charge < -0.3 is 9.73 Å². The summed E-state index contributed by atoms with van der Waals surface area (Å²) >= 11 is 9.46. The largest absolute Gasteiger partial charge is 0.418 e. The zero-order valence-corrected chi connectivity index (χ0v) is 16.8. The van der Waals surface area contributed by atoms with Gasteiger partial charge in [-0.05, 0) is 60.2 Å². The van der Waals surface area contributed by atoms with Gasteiger partial charge in [0.05, 0.1) is 0 Å². The number of halogens is 3. The van der Waals surface area contributed by atoms with Crippen molar-refractivity contribution < 1.29 is 8.81 Å². The van der Waals surface area contributed by atoms with Gasteiger partial charge in [-0.1, -0.05) is 45.7 Å². The van der Waals surface area contributed by atoms with E-state index in [1.54, 1.807) is 24.3 Å². The third kappa shape index (κ3) is 4.24. The molecule has 4 rings (SSSR count). The predicted octanol–water partition coefficient (Wildman–Crippen LogP) is 6.49. The summed E-state index contributed by atoms with van der Waals surface area (Å²) in [7, 11) is 0. The Labute approximate surface area is 174 Å². The number of hydrogen-bond donors (Lipinski definition) is 1. The first-order valence-electron chi connectivity index (χ1n) is 8.45. The molecule has 0 amide bonds. The molecule has 140 valence electrons. The van der Waals surface area contributed by atoms with Crippen LogP contribution < -0.4 is 5.32 Å². The minimum atomic E-state index is -0.395. The first kappa shape index (κ1) is 18.7. The van der Waals surface area contributed by atoms with E-state index >= 15 is 0 Å². The van der Waals surface area contributed by atoms with Crippen LogP contribution in [0.2, 0.25) is 5.02 Å². The van der Waals surface area contributed by atoms with Crippen LogP contribution >= 0.6 is 27.5 Å². The minimum Gasteiger partial charge on any atom is -0.418 e. The molecule has 28 heavy (non-hydrogen) atoms. The number of aromatic nitrogens is 2. The normalized spacial score (nSPS) is 12.0. The van der Waals surface area contributed by atoms with Gasteiger partial charge in [-0.2, -0.15) is 0 Å². The molecule has 0 saturated carbocycles. The predicted molar refractivity (Wildman–Crippen MR) is 111 cm³/mol.